The predicted molar refractivity (Wildman–Crippen MR) is 92.6 cm³/mol. The number of nitrogens with one attached hydrogen (secondary N) is 2. The summed E-state index contributed by atoms with van der Waals surface area (Å²) in [5.74, 6) is 1.87. The smallest absolute Gasteiger partial charge is 0.220 e. The first-order valence-corrected chi connectivity index (χ1v) is 8.59. The van der Waals surface area contributed by atoms with Gasteiger partial charge in [-0.25, -0.2) is 4.99 Å². The molecule has 2 rings (SSSR count). The number of aliphatic hydroxyl groups is 1. The van der Waals surface area contributed by atoms with Gasteiger partial charge in [0.05, 0.1) is 12.8 Å². The van der Waals surface area contributed by atoms with Gasteiger partial charge in [-0.3, -0.25) is 4.79 Å². The minimum Gasteiger partial charge on any atom is -0.467 e. The largest absolute Gasteiger partial charge is 0.467 e. The Morgan fingerprint density at radius 3 is 2.83 bits per heavy atom. The molecule has 0 bridgehead atoms. The Morgan fingerprint density at radius 1 is 1.50 bits per heavy atom. The molecule has 1 amide bonds. The van der Waals surface area contributed by atoms with Crippen molar-refractivity contribution in [3.05, 3.63) is 24.2 Å². The summed E-state index contributed by atoms with van der Waals surface area (Å²) in [7, 11) is 1.68. The lowest BCUT2D eigenvalue weighted by Gasteiger charge is -2.34. The van der Waals surface area contributed by atoms with E-state index in [1.807, 2.05) is 6.92 Å². The van der Waals surface area contributed by atoms with Gasteiger partial charge in [0.2, 0.25) is 5.91 Å². The average Bonchev–Trinajstić information content (AvgIpc) is 3.13. The van der Waals surface area contributed by atoms with Gasteiger partial charge in [0.15, 0.2) is 5.96 Å². The van der Waals surface area contributed by atoms with Gasteiger partial charge in [-0.1, -0.05) is 0 Å². The molecular formula is C17H28N4O3. The fourth-order valence-electron chi connectivity index (χ4n) is 2.88. The lowest BCUT2D eigenvalue weighted by molar-refractivity contribution is -0.121. The van der Waals surface area contributed by atoms with E-state index in [1.165, 1.54) is 0 Å². The van der Waals surface area contributed by atoms with Crippen LogP contribution >= 0.6 is 0 Å². The Morgan fingerprint density at radius 2 is 2.25 bits per heavy atom. The summed E-state index contributed by atoms with van der Waals surface area (Å²) in [6.07, 6.45) is 3.34. The third kappa shape index (κ3) is 5.26. The minimum atomic E-state index is -0.737. The summed E-state index contributed by atoms with van der Waals surface area (Å²) in [4.78, 5) is 18.2. The molecule has 7 heteroatoms. The van der Waals surface area contributed by atoms with Crippen molar-refractivity contribution in [2.24, 2.45) is 10.9 Å². The van der Waals surface area contributed by atoms with Crippen molar-refractivity contribution in [2.75, 3.05) is 33.2 Å². The molecule has 1 aliphatic heterocycles. The molecule has 2 heterocycles. The number of amides is 1. The molecule has 0 aromatic carbocycles. The van der Waals surface area contributed by atoms with E-state index >= 15 is 0 Å². The number of guanidine groups is 1. The zero-order chi connectivity index (χ0) is 17.4. The van der Waals surface area contributed by atoms with Gasteiger partial charge in [0.25, 0.3) is 0 Å². The number of hydrogen-bond donors (Lipinski definition) is 3. The maximum absolute atomic E-state index is 11.5. The lowest BCUT2D eigenvalue weighted by atomic mass is 9.93. The maximum atomic E-state index is 11.5. The monoisotopic (exact) mass is 336 g/mol. The van der Waals surface area contributed by atoms with Crippen LogP contribution in [0.5, 0.6) is 0 Å². The molecule has 24 heavy (non-hydrogen) atoms. The van der Waals surface area contributed by atoms with E-state index in [-0.39, 0.29) is 12.5 Å². The second-order valence-electron chi connectivity index (χ2n) is 6.03. The van der Waals surface area contributed by atoms with Crippen LogP contribution in [0.4, 0.5) is 0 Å². The van der Waals surface area contributed by atoms with Crippen LogP contribution in [0.25, 0.3) is 0 Å². The third-order valence-electron chi connectivity index (χ3n) is 4.29. The first-order valence-electron chi connectivity index (χ1n) is 8.59. The van der Waals surface area contributed by atoms with Crippen LogP contribution in [0.3, 0.4) is 0 Å². The summed E-state index contributed by atoms with van der Waals surface area (Å²) in [6, 6.07) is 3.50. The molecule has 7 nitrogen and oxygen atoms in total. The van der Waals surface area contributed by atoms with Crippen LogP contribution < -0.4 is 10.6 Å². The fraction of sp³-hybridized carbons (Fsp3) is 0.647. The summed E-state index contributed by atoms with van der Waals surface area (Å²) in [6.45, 7) is 4.79. The van der Waals surface area contributed by atoms with E-state index in [9.17, 15) is 9.90 Å². The molecule has 1 aliphatic rings. The van der Waals surface area contributed by atoms with Crippen molar-refractivity contribution in [2.45, 2.75) is 32.3 Å². The molecule has 0 radical (unpaired) electrons. The first-order chi connectivity index (χ1) is 11.6. The number of aliphatic imine (C=N–C) groups is 1. The molecule has 3 N–H and O–H groups in total. The number of piperidine rings is 1. The maximum Gasteiger partial charge on any atom is 0.220 e. The highest BCUT2D eigenvalue weighted by atomic mass is 16.4. The van der Waals surface area contributed by atoms with Crippen LogP contribution in [0, 0.1) is 5.92 Å². The van der Waals surface area contributed by atoms with E-state index in [0.29, 0.717) is 18.1 Å². The van der Waals surface area contributed by atoms with Gasteiger partial charge in [0, 0.05) is 33.1 Å². The Hall–Kier alpha value is -2.02. The van der Waals surface area contributed by atoms with E-state index in [2.05, 4.69) is 20.5 Å². The highest BCUT2D eigenvalue weighted by Crippen LogP contribution is 2.21. The van der Waals surface area contributed by atoms with E-state index < -0.39 is 6.10 Å². The van der Waals surface area contributed by atoms with Crippen LogP contribution in [-0.2, 0) is 4.79 Å². The van der Waals surface area contributed by atoms with E-state index in [1.54, 1.807) is 25.4 Å². The molecule has 1 atom stereocenters. The van der Waals surface area contributed by atoms with Crippen LogP contribution in [-0.4, -0.2) is 55.1 Å². The zero-order valence-electron chi connectivity index (χ0n) is 14.5. The Balaban J connectivity index is 1.88. The number of furan rings is 1. The van der Waals surface area contributed by atoms with Crippen LogP contribution in [0.1, 0.15) is 38.1 Å². The van der Waals surface area contributed by atoms with Crippen molar-refractivity contribution in [3.8, 4) is 0 Å². The number of likely N-dealkylation sites (tertiary alicyclic amines) is 1. The molecule has 1 saturated heterocycles. The zero-order valence-corrected chi connectivity index (χ0v) is 14.5. The number of carbonyl (C=O) groups is 1. The average molecular weight is 336 g/mol. The molecule has 134 valence electrons. The topological polar surface area (TPSA) is 90.1 Å². The highest BCUT2D eigenvalue weighted by molar-refractivity contribution is 5.80. The van der Waals surface area contributed by atoms with Crippen molar-refractivity contribution < 1.29 is 14.3 Å². The number of nitrogens with zero attached hydrogens (tertiary/aromatic N) is 2. The van der Waals surface area contributed by atoms with E-state index in [4.69, 9.17) is 4.42 Å². The minimum absolute atomic E-state index is 0.107. The van der Waals surface area contributed by atoms with Crippen molar-refractivity contribution in [1.82, 2.24) is 15.5 Å². The van der Waals surface area contributed by atoms with Gasteiger partial charge in [0.1, 0.15) is 11.9 Å². The molecule has 1 unspecified atom stereocenters. The molecule has 0 aliphatic carbocycles. The van der Waals surface area contributed by atoms with Crippen molar-refractivity contribution >= 4 is 11.9 Å². The molecule has 1 aromatic rings. The molecular weight excluding hydrogens is 308 g/mol. The quantitative estimate of drug-likeness (QED) is 0.535. The summed E-state index contributed by atoms with van der Waals surface area (Å²) >= 11 is 0. The van der Waals surface area contributed by atoms with Gasteiger partial charge in [-0.15, -0.1) is 0 Å². The summed E-state index contributed by atoms with van der Waals surface area (Å²) < 4.78 is 5.20. The highest BCUT2D eigenvalue weighted by Gasteiger charge is 2.23. The Kier molecular flexibility index (Phi) is 7.11. The number of aliphatic hydroxyl groups excluding tert-OH is 1. The van der Waals surface area contributed by atoms with Crippen molar-refractivity contribution in [3.63, 3.8) is 0 Å². The normalized spacial score (nSPS) is 17.6. The summed E-state index contributed by atoms with van der Waals surface area (Å²) in [5, 5.41) is 16.1. The Labute approximate surface area is 143 Å². The summed E-state index contributed by atoms with van der Waals surface area (Å²) in [5.41, 5.74) is 0. The predicted octanol–water partition coefficient (Wildman–Crippen LogP) is 1.13. The molecule has 1 fully saturated rings. The van der Waals surface area contributed by atoms with Crippen LogP contribution in [0.15, 0.2) is 27.8 Å². The lowest BCUT2D eigenvalue weighted by Crippen LogP contribution is -2.46. The SMILES string of the molecule is CCNC(=NCC(O)c1ccco1)N1CCC(CC(=O)NC)CC1. The molecule has 1 aromatic heterocycles. The Bertz CT molecular complexity index is 522. The molecule has 0 spiro atoms. The second-order valence-corrected chi connectivity index (χ2v) is 6.03. The number of hydrogen-bond acceptors (Lipinski definition) is 4. The van der Waals surface area contributed by atoms with Crippen LogP contribution in [0.2, 0.25) is 0 Å². The van der Waals surface area contributed by atoms with Gasteiger partial charge < -0.3 is 25.1 Å². The number of carbonyl (C=O) groups excluding carboxylic acids is 1. The van der Waals surface area contributed by atoms with Gasteiger partial charge in [-0.2, -0.15) is 0 Å². The third-order valence-corrected chi connectivity index (χ3v) is 4.29. The number of rotatable bonds is 6. The van der Waals surface area contributed by atoms with Crippen molar-refractivity contribution in [1.29, 1.82) is 0 Å². The van der Waals surface area contributed by atoms with E-state index in [0.717, 1.165) is 38.4 Å². The second kappa shape index (κ2) is 9.32. The van der Waals surface area contributed by atoms with Gasteiger partial charge in [-0.05, 0) is 37.8 Å². The standard InChI is InChI=1S/C17H28N4O3/c1-3-19-17(20-12-14(22)15-5-4-10-24-15)21-8-6-13(7-9-21)11-16(23)18-2/h4-5,10,13-14,22H,3,6-9,11-12H2,1-2H3,(H,18,23)(H,19,20). The first kappa shape index (κ1) is 18.3. The van der Waals surface area contributed by atoms with Gasteiger partial charge >= 0.3 is 0 Å². The molecule has 0 saturated carbocycles. The fourth-order valence-corrected chi connectivity index (χ4v) is 2.88.